The number of carbonyl (C=O) groups excluding carboxylic acids is 1. The highest BCUT2D eigenvalue weighted by atomic mass is 32.2. The number of ether oxygens (including phenoxy) is 1. The maximum absolute atomic E-state index is 13.3. The Balaban J connectivity index is 1.58. The van der Waals surface area contributed by atoms with Crippen LogP contribution in [0.4, 0.5) is 5.69 Å². The van der Waals surface area contributed by atoms with Crippen molar-refractivity contribution in [3.8, 4) is 5.75 Å². The maximum atomic E-state index is 13.3. The smallest absolute Gasteiger partial charge is 0.262 e. The van der Waals surface area contributed by atoms with Gasteiger partial charge in [-0.25, -0.2) is 8.42 Å². The second-order valence-corrected chi connectivity index (χ2v) is 9.77. The molecule has 1 aliphatic carbocycles. The second kappa shape index (κ2) is 8.68. The monoisotopic (exact) mass is 428 g/mol. The number of methoxy groups -OCH3 is 1. The van der Waals surface area contributed by atoms with Crippen molar-refractivity contribution in [1.29, 1.82) is 0 Å². The van der Waals surface area contributed by atoms with Crippen LogP contribution in [0.3, 0.4) is 0 Å². The molecule has 0 aromatic heterocycles. The van der Waals surface area contributed by atoms with Crippen LogP contribution >= 0.6 is 0 Å². The number of nitrogens with one attached hydrogen (secondary N) is 1. The average Bonchev–Trinajstić information content (AvgIpc) is 2.78. The highest BCUT2D eigenvalue weighted by molar-refractivity contribution is 7.92. The van der Waals surface area contributed by atoms with Crippen LogP contribution in [0.2, 0.25) is 0 Å². The summed E-state index contributed by atoms with van der Waals surface area (Å²) in [6.45, 7) is 0.746. The third-order valence-corrected chi connectivity index (χ3v) is 7.61. The fourth-order valence-electron chi connectivity index (χ4n) is 4.77. The molecule has 1 amide bonds. The number of nitrogens with zero attached hydrogens (tertiary/aromatic N) is 1. The first kappa shape index (κ1) is 20.7. The van der Waals surface area contributed by atoms with Crippen LogP contribution in [0, 0.1) is 5.92 Å². The van der Waals surface area contributed by atoms with Crippen molar-refractivity contribution in [3.05, 3.63) is 54.1 Å². The Kier molecular flexibility index (Phi) is 5.99. The van der Waals surface area contributed by atoms with Crippen molar-refractivity contribution < 1.29 is 17.9 Å². The number of para-hydroxylation sites is 2. The average molecular weight is 429 g/mol. The molecule has 1 heterocycles. The number of hydrogen-bond donors (Lipinski definition) is 1. The van der Waals surface area contributed by atoms with Gasteiger partial charge in [-0.15, -0.1) is 0 Å². The molecule has 2 aromatic rings. The van der Waals surface area contributed by atoms with Gasteiger partial charge in [0.15, 0.2) is 0 Å². The first-order chi connectivity index (χ1) is 14.5. The van der Waals surface area contributed by atoms with Crippen LogP contribution in [0.25, 0.3) is 0 Å². The summed E-state index contributed by atoms with van der Waals surface area (Å²) in [6.07, 6.45) is 6.83. The van der Waals surface area contributed by atoms with Crippen LogP contribution in [0.5, 0.6) is 5.75 Å². The summed E-state index contributed by atoms with van der Waals surface area (Å²) in [7, 11) is -2.37. The third-order valence-electron chi connectivity index (χ3n) is 6.25. The Labute approximate surface area is 178 Å². The maximum Gasteiger partial charge on any atom is 0.262 e. The zero-order chi connectivity index (χ0) is 21.1. The molecule has 0 bridgehead atoms. The third kappa shape index (κ3) is 4.17. The molecule has 2 aliphatic rings. The molecule has 160 valence electrons. The topological polar surface area (TPSA) is 75.7 Å². The number of fused-ring (bicyclic) bond motifs is 1. The number of anilines is 1. The Morgan fingerprint density at radius 1 is 1.03 bits per heavy atom. The van der Waals surface area contributed by atoms with E-state index in [0.717, 1.165) is 25.8 Å². The predicted molar refractivity (Wildman–Crippen MR) is 116 cm³/mol. The van der Waals surface area contributed by atoms with Gasteiger partial charge in [-0.05, 0) is 61.9 Å². The van der Waals surface area contributed by atoms with Crippen LogP contribution in [0.1, 0.15) is 48.9 Å². The SMILES string of the molecule is COc1ccccc1NS(=O)(=O)c1cccc(C(=O)N2CCCC3CCCCC32)c1. The van der Waals surface area contributed by atoms with Gasteiger partial charge in [-0.1, -0.05) is 31.0 Å². The van der Waals surface area contributed by atoms with E-state index < -0.39 is 10.0 Å². The minimum absolute atomic E-state index is 0.0662. The van der Waals surface area contributed by atoms with E-state index in [1.807, 2.05) is 4.90 Å². The number of rotatable bonds is 5. The Morgan fingerprint density at radius 3 is 2.63 bits per heavy atom. The quantitative estimate of drug-likeness (QED) is 0.771. The molecule has 7 heteroatoms. The highest BCUT2D eigenvalue weighted by Crippen LogP contribution is 2.36. The van der Waals surface area contributed by atoms with Crippen molar-refractivity contribution in [3.63, 3.8) is 0 Å². The summed E-state index contributed by atoms with van der Waals surface area (Å²) in [5, 5.41) is 0. The minimum atomic E-state index is -3.86. The summed E-state index contributed by atoms with van der Waals surface area (Å²) in [5.74, 6) is 0.946. The standard InChI is InChI=1S/C23H28N2O4S/c1-29-22-14-5-3-12-20(22)24-30(27,28)19-11-6-9-18(16-19)23(26)25-15-7-10-17-8-2-4-13-21(17)25/h3,5-6,9,11-12,14,16-17,21,24H,2,4,7-8,10,13,15H2,1H3. The lowest BCUT2D eigenvalue weighted by atomic mass is 9.78. The summed E-state index contributed by atoms with van der Waals surface area (Å²) in [6, 6.07) is 13.4. The van der Waals surface area contributed by atoms with E-state index in [2.05, 4.69) is 4.72 Å². The fourth-order valence-corrected chi connectivity index (χ4v) is 5.89. The van der Waals surface area contributed by atoms with Crippen molar-refractivity contribution >= 4 is 21.6 Å². The Bertz CT molecular complexity index is 1020. The molecule has 1 N–H and O–H groups in total. The Morgan fingerprint density at radius 2 is 1.80 bits per heavy atom. The lowest BCUT2D eigenvalue weighted by Crippen LogP contribution is -2.49. The first-order valence-corrected chi connectivity index (χ1v) is 12.0. The van der Waals surface area contributed by atoms with E-state index in [1.165, 1.54) is 38.5 Å². The van der Waals surface area contributed by atoms with Gasteiger partial charge in [0.25, 0.3) is 15.9 Å². The van der Waals surface area contributed by atoms with Gasteiger partial charge in [0.05, 0.1) is 17.7 Å². The molecule has 1 saturated carbocycles. The number of hydrogen-bond acceptors (Lipinski definition) is 4. The van der Waals surface area contributed by atoms with Gasteiger partial charge in [-0.2, -0.15) is 0 Å². The molecule has 1 aliphatic heterocycles. The van der Waals surface area contributed by atoms with E-state index in [0.29, 0.717) is 22.9 Å². The lowest BCUT2D eigenvalue weighted by Gasteiger charge is -2.44. The number of carbonyl (C=O) groups is 1. The van der Waals surface area contributed by atoms with Gasteiger partial charge in [0.1, 0.15) is 5.75 Å². The molecule has 2 unspecified atom stereocenters. The first-order valence-electron chi connectivity index (χ1n) is 10.6. The zero-order valence-electron chi connectivity index (χ0n) is 17.2. The molecule has 4 rings (SSSR count). The van der Waals surface area contributed by atoms with Crippen LogP contribution in [-0.4, -0.2) is 38.9 Å². The van der Waals surface area contributed by atoms with Gasteiger partial charge in [-0.3, -0.25) is 9.52 Å². The van der Waals surface area contributed by atoms with Crippen molar-refractivity contribution in [2.75, 3.05) is 18.4 Å². The summed E-state index contributed by atoms with van der Waals surface area (Å²) in [4.78, 5) is 15.3. The van der Waals surface area contributed by atoms with Crippen molar-refractivity contribution in [2.24, 2.45) is 5.92 Å². The van der Waals surface area contributed by atoms with Crippen LogP contribution in [-0.2, 0) is 10.0 Å². The molecule has 2 aromatic carbocycles. The van der Waals surface area contributed by atoms with Gasteiger partial charge >= 0.3 is 0 Å². The van der Waals surface area contributed by atoms with Crippen molar-refractivity contribution in [2.45, 2.75) is 49.5 Å². The Hall–Kier alpha value is -2.54. The number of sulfonamides is 1. The number of benzene rings is 2. The second-order valence-electron chi connectivity index (χ2n) is 8.09. The molecule has 6 nitrogen and oxygen atoms in total. The van der Waals surface area contributed by atoms with Gasteiger partial charge < -0.3 is 9.64 Å². The molecule has 0 radical (unpaired) electrons. The van der Waals surface area contributed by atoms with Crippen molar-refractivity contribution in [1.82, 2.24) is 4.90 Å². The normalized spacial score (nSPS) is 21.6. The summed E-state index contributed by atoms with van der Waals surface area (Å²) >= 11 is 0. The molecule has 2 atom stereocenters. The van der Waals surface area contributed by atoms with Gasteiger partial charge in [0.2, 0.25) is 0 Å². The molecular weight excluding hydrogens is 400 g/mol. The minimum Gasteiger partial charge on any atom is -0.495 e. The van der Waals surface area contributed by atoms with E-state index in [1.54, 1.807) is 36.4 Å². The van der Waals surface area contributed by atoms with E-state index in [4.69, 9.17) is 4.74 Å². The van der Waals surface area contributed by atoms with Crippen LogP contribution < -0.4 is 9.46 Å². The molecule has 2 fully saturated rings. The number of likely N-dealkylation sites (tertiary alicyclic amines) is 1. The zero-order valence-corrected chi connectivity index (χ0v) is 18.0. The molecule has 0 spiro atoms. The summed E-state index contributed by atoms with van der Waals surface area (Å²) < 4.78 is 33.7. The number of piperidine rings is 1. The van der Waals surface area contributed by atoms with E-state index in [9.17, 15) is 13.2 Å². The molecule has 30 heavy (non-hydrogen) atoms. The number of amides is 1. The largest absolute Gasteiger partial charge is 0.495 e. The molecule has 1 saturated heterocycles. The molecular formula is C23H28N2O4S. The lowest BCUT2D eigenvalue weighted by molar-refractivity contribution is 0.0390. The predicted octanol–water partition coefficient (Wildman–Crippen LogP) is 4.29. The van der Waals surface area contributed by atoms with E-state index in [-0.39, 0.29) is 16.8 Å². The van der Waals surface area contributed by atoms with E-state index >= 15 is 0 Å². The van der Waals surface area contributed by atoms with Crippen LogP contribution in [0.15, 0.2) is 53.4 Å². The fraction of sp³-hybridized carbons (Fsp3) is 0.435. The van der Waals surface area contributed by atoms with Gasteiger partial charge in [0, 0.05) is 18.2 Å². The summed E-state index contributed by atoms with van der Waals surface area (Å²) in [5.41, 5.74) is 0.780. The highest BCUT2D eigenvalue weighted by Gasteiger charge is 2.36.